The van der Waals surface area contributed by atoms with E-state index < -0.39 is 0 Å². The van der Waals surface area contributed by atoms with Gasteiger partial charge in [-0.05, 0) is 23.0 Å². The summed E-state index contributed by atoms with van der Waals surface area (Å²) in [5.74, 6) is 0.771. The second-order valence-corrected chi connectivity index (χ2v) is 6.04. The molecule has 0 spiro atoms. The number of rotatable bonds is 3. The number of methoxy groups -OCH3 is 1. The third-order valence-corrected chi connectivity index (χ3v) is 4.67. The SMILES string of the molecule is COc1ccc(C#N)c(NC2C(C)(C)C2(C)C)c1. The molecule has 0 heterocycles. The number of ether oxygens (including phenoxy) is 1. The Morgan fingerprint density at radius 1 is 1.22 bits per heavy atom. The van der Waals surface area contributed by atoms with Crippen molar-refractivity contribution >= 4 is 5.69 Å². The molecule has 18 heavy (non-hydrogen) atoms. The molecule has 0 amide bonds. The summed E-state index contributed by atoms with van der Waals surface area (Å²) in [6.07, 6.45) is 0. The number of hydrogen-bond donors (Lipinski definition) is 1. The van der Waals surface area contributed by atoms with Crippen molar-refractivity contribution < 1.29 is 4.74 Å². The van der Waals surface area contributed by atoms with Crippen molar-refractivity contribution in [1.29, 1.82) is 5.26 Å². The summed E-state index contributed by atoms with van der Waals surface area (Å²) in [5.41, 5.74) is 2.00. The lowest BCUT2D eigenvalue weighted by atomic mass is 10.0. The van der Waals surface area contributed by atoms with Gasteiger partial charge in [0.15, 0.2) is 0 Å². The van der Waals surface area contributed by atoms with Crippen molar-refractivity contribution in [3.63, 3.8) is 0 Å². The minimum absolute atomic E-state index is 0.239. The number of nitrogens with one attached hydrogen (secondary N) is 1. The summed E-state index contributed by atoms with van der Waals surface area (Å²) in [6.45, 7) is 8.99. The predicted octanol–water partition coefficient (Wildman–Crippen LogP) is 3.41. The molecule has 0 radical (unpaired) electrons. The third kappa shape index (κ3) is 1.73. The standard InChI is InChI=1S/C15H20N2O/c1-14(2)13(15(14,3)4)17-12-8-11(18-5)7-6-10(12)9-16/h6-8,13,17H,1-5H3. The lowest BCUT2D eigenvalue weighted by Crippen LogP contribution is -2.11. The summed E-state index contributed by atoms with van der Waals surface area (Å²) in [7, 11) is 1.64. The molecule has 0 bridgehead atoms. The van der Waals surface area contributed by atoms with Gasteiger partial charge in [0.2, 0.25) is 0 Å². The molecule has 1 N–H and O–H groups in total. The van der Waals surface area contributed by atoms with Crippen LogP contribution in [0.15, 0.2) is 18.2 Å². The van der Waals surface area contributed by atoms with Crippen LogP contribution < -0.4 is 10.1 Å². The van der Waals surface area contributed by atoms with Crippen LogP contribution in [0.25, 0.3) is 0 Å². The van der Waals surface area contributed by atoms with Crippen molar-refractivity contribution in [1.82, 2.24) is 0 Å². The Balaban J connectivity index is 2.28. The number of benzene rings is 1. The van der Waals surface area contributed by atoms with Gasteiger partial charge < -0.3 is 10.1 Å². The van der Waals surface area contributed by atoms with E-state index in [4.69, 9.17) is 10.00 Å². The van der Waals surface area contributed by atoms with E-state index >= 15 is 0 Å². The lowest BCUT2D eigenvalue weighted by molar-refractivity contribution is 0.415. The van der Waals surface area contributed by atoms with Crippen LogP contribution in [0.5, 0.6) is 5.75 Å². The number of anilines is 1. The quantitative estimate of drug-likeness (QED) is 0.886. The Morgan fingerprint density at radius 2 is 1.83 bits per heavy atom. The first-order valence-electron chi connectivity index (χ1n) is 6.19. The van der Waals surface area contributed by atoms with Crippen molar-refractivity contribution in [2.24, 2.45) is 10.8 Å². The molecular formula is C15H20N2O. The van der Waals surface area contributed by atoms with Crippen LogP contribution in [0.4, 0.5) is 5.69 Å². The van der Waals surface area contributed by atoms with E-state index in [9.17, 15) is 0 Å². The second kappa shape index (κ2) is 3.91. The van der Waals surface area contributed by atoms with Gasteiger partial charge in [-0.3, -0.25) is 0 Å². The average Bonchev–Trinajstić information content (AvgIpc) is 2.71. The Hall–Kier alpha value is -1.69. The van der Waals surface area contributed by atoms with Crippen molar-refractivity contribution in [3.05, 3.63) is 23.8 Å². The summed E-state index contributed by atoms with van der Waals surface area (Å²) in [4.78, 5) is 0. The summed E-state index contributed by atoms with van der Waals surface area (Å²) in [5, 5.41) is 12.6. The molecule has 1 aliphatic rings. The number of nitrogens with zero attached hydrogens (tertiary/aromatic N) is 1. The maximum absolute atomic E-state index is 9.14. The van der Waals surface area contributed by atoms with Gasteiger partial charge in [0, 0.05) is 12.1 Å². The first-order valence-corrected chi connectivity index (χ1v) is 6.19. The van der Waals surface area contributed by atoms with Crippen LogP contribution in [0, 0.1) is 22.2 Å². The van der Waals surface area contributed by atoms with Crippen LogP contribution in [-0.4, -0.2) is 13.2 Å². The molecule has 0 unspecified atom stereocenters. The molecule has 1 saturated carbocycles. The van der Waals surface area contributed by atoms with Crippen molar-refractivity contribution in [2.45, 2.75) is 33.7 Å². The minimum atomic E-state index is 0.239. The van der Waals surface area contributed by atoms with Gasteiger partial charge in [0.05, 0.1) is 18.4 Å². The zero-order chi connectivity index (χ0) is 13.6. The van der Waals surface area contributed by atoms with Gasteiger partial charge in [0.1, 0.15) is 11.8 Å². The molecule has 0 atom stereocenters. The van der Waals surface area contributed by atoms with Crippen LogP contribution in [0.3, 0.4) is 0 Å². The van der Waals surface area contributed by atoms with Crippen LogP contribution >= 0.6 is 0 Å². The largest absolute Gasteiger partial charge is 0.497 e. The normalized spacial score (nSPS) is 20.0. The Labute approximate surface area is 109 Å². The summed E-state index contributed by atoms with van der Waals surface area (Å²) >= 11 is 0. The predicted molar refractivity (Wildman–Crippen MR) is 72.7 cm³/mol. The monoisotopic (exact) mass is 244 g/mol. The number of hydrogen-bond acceptors (Lipinski definition) is 3. The third-order valence-electron chi connectivity index (χ3n) is 4.67. The summed E-state index contributed by atoms with van der Waals surface area (Å²) < 4.78 is 5.21. The molecule has 1 aromatic rings. The molecule has 0 aromatic heterocycles. The molecule has 96 valence electrons. The maximum atomic E-state index is 9.14. The van der Waals surface area contributed by atoms with E-state index in [1.54, 1.807) is 13.2 Å². The average molecular weight is 244 g/mol. The molecule has 1 aromatic carbocycles. The molecule has 2 rings (SSSR count). The van der Waals surface area contributed by atoms with Gasteiger partial charge in [-0.15, -0.1) is 0 Å². The molecule has 3 heteroatoms. The highest BCUT2D eigenvalue weighted by Gasteiger charge is 2.65. The van der Waals surface area contributed by atoms with Gasteiger partial charge in [-0.1, -0.05) is 27.7 Å². The maximum Gasteiger partial charge on any atom is 0.121 e. The first-order chi connectivity index (χ1) is 8.34. The summed E-state index contributed by atoms with van der Waals surface area (Å²) in [6, 6.07) is 8.10. The smallest absolute Gasteiger partial charge is 0.121 e. The molecular weight excluding hydrogens is 224 g/mol. The van der Waals surface area contributed by atoms with Gasteiger partial charge >= 0.3 is 0 Å². The zero-order valence-corrected chi connectivity index (χ0v) is 11.7. The molecule has 0 aliphatic heterocycles. The van der Waals surface area contributed by atoms with Crippen molar-refractivity contribution in [2.75, 3.05) is 12.4 Å². The van der Waals surface area contributed by atoms with E-state index in [1.807, 2.05) is 12.1 Å². The van der Waals surface area contributed by atoms with E-state index in [0.717, 1.165) is 11.4 Å². The van der Waals surface area contributed by atoms with Crippen LogP contribution in [0.2, 0.25) is 0 Å². The van der Waals surface area contributed by atoms with Crippen LogP contribution in [0.1, 0.15) is 33.3 Å². The Bertz CT molecular complexity index is 498. The van der Waals surface area contributed by atoms with E-state index in [1.165, 1.54) is 0 Å². The van der Waals surface area contributed by atoms with Gasteiger partial charge in [-0.2, -0.15) is 5.26 Å². The fraction of sp³-hybridized carbons (Fsp3) is 0.533. The zero-order valence-electron chi connectivity index (χ0n) is 11.7. The van der Waals surface area contributed by atoms with E-state index in [-0.39, 0.29) is 10.8 Å². The molecule has 0 saturated heterocycles. The molecule has 1 fully saturated rings. The highest BCUT2D eigenvalue weighted by molar-refractivity contribution is 5.62. The fourth-order valence-corrected chi connectivity index (χ4v) is 2.58. The highest BCUT2D eigenvalue weighted by Crippen LogP contribution is 2.63. The van der Waals surface area contributed by atoms with Gasteiger partial charge in [0.25, 0.3) is 0 Å². The minimum Gasteiger partial charge on any atom is -0.497 e. The van der Waals surface area contributed by atoms with Crippen LogP contribution in [-0.2, 0) is 0 Å². The molecule has 1 aliphatic carbocycles. The topological polar surface area (TPSA) is 45.0 Å². The Kier molecular flexibility index (Phi) is 2.77. The molecule has 3 nitrogen and oxygen atoms in total. The number of nitriles is 1. The van der Waals surface area contributed by atoms with Gasteiger partial charge in [-0.25, -0.2) is 0 Å². The highest BCUT2D eigenvalue weighted by atomic mass is 16.5. The van der Waals surface area contributed by atoms with Crippen molar-refractivity contribution in [3.8, 4) is 11.8 Å². The second-order valence-electron chi connectivity index (χ2n) is 6.04. The fourth-order valence-electron chi connectivity index (χ4n) is 2.58. The first kappa shape index (κ1) is 12.8. The van der Waals surface area contributed by atoms with E-state index in [2.05, 4.69) is 39.1 Å². The Morgan fingerprint density at radius 3 is 2.28 bits per heavy atom. The van der Waals surface area contributed by atoms with E-state index in [0.29, 0.717) is 11.6 Å². The lowest BCUT2D eigenvalue weighted by Gasteiger charge is -2.11.